The average molecular weight is 158 g/mol. The molecule has 9 heavy (non-hydrogen) atoms. The third-order valence-electron chi connectivity index (χ3n) is 0.857. The van der Waals surface area contributed by atoms with Crippen molar-refractivity contribution in [1.82, 2.24) is 0 Å². The Kier molecular flexibility index (Phi) is 2.10. The highest BCUT2D eigenvalue weighted by molar-refractivity contribution is 7.10. The summed E-state index contributed by atoms with van der Waals surface area (Å²) in [5.41, 5.74) is 0. The van der Waals surface area contributed by atoms with Crippen molar-refractivity contribution in [3.05, 3.63) is 32.8 Å². The molecule has 1 rings (SSSR count). The Hall–Kier alpha value is -0.520. The fourth-order valence-corrected chi connectivity index (χ4v) is 1.51. The van der Waals surface area contributed by atoms with Crippen LogP contribution >= 0.6 is 22.9 Å². The minimum atomic E-state index is 0.456. The Morgan fingerprint density at radius 2 is 2.56 bits per heavy atom. The van der Waals surface area contributed by atoms with Gasteiger partial charge in [0.25, 0.3) is 0 Å². The molecule has 1 heterocycles. The molecule has 0 bridgehead atoms. The van der Waals surface area contributed by atoms with Crippen molar-refractivity contribution in [2.24, 2.45) is 0 Å². The first kappa shape index (κ1) is 6.60. The number of thiophene rings is 1. The summed E-state index contributed by atoms with van der Waals surface area (Å²) in [5.74, 6) is 0. The Labute approximate surface area is 62.7 Å². The van der Waals surface area contributed by atoms with E-state index in [0.717, 1.165) is 9.90 Å². The van der Waals surface area contributed by atoms with Gasteiger partial charge >= 0.3 is 0 Å². The van der Waals surface area contributed by atoms with E-state index in [4.69, 9.17) is 18.2 Å². The summed E-state index contributed by atoms with van der Waals surface area (Å²) in [6.45, 7) is 6.99. The molecule has 0 amide bonds. The zero-order valence-corrected chi connectivity index (χ0v) is 6.17. The van der Waals surface area contributed by atoms with Gasteiger partial charge in [0.15, 0.2) is 0 Å². The van der Waals surface area contributed by atoms with Gasteiger partial charge < -0.3 is 4.85 Å². The first-order chi connectivity index (χ1) is 4.33. The molecule has 0 saturated carbocycles. The van der Waals surface area contributed by atoms with Crippen LogP contribution in [0, 0.1) is 6.57 Å². The van der Waals surface area contributed by atoms with E-state index in [9.17, 15) is 0 Å². The largest absolute Gasteiger partial charge is 0.311 e. The van der Waals surface area contributed by atoms with E-state index in [1.165, 1.54) is 11.3 Å². The van der Waals surface area contributed by atoms with Crippen LogP contribution in [0.15, 0.2) is 11.4 Å². The maximum Gasteiger partial charge on any atom is 0.248 e. The Balaban J connectivity index is 2.76. The van der Waals surface area contributed by atoms with Crippen LogP contribution in [0.25, 0.3) is 4.85 Å². The van der Waals surface area contributed by atoms with Crippen LogP contribution in [0.2, 0.25) is 5.02 Å². The van der Waals surface area contributed by atoms with Gasteiger partial charge in [-0.15, -0.1) is 11.3 Å². The molecule has 1 nitrogen and oxygen atoms in total. The van der Waals surface area contributed by atoms with Crippen molar-refractivity contribution in [2.45, 2.75) is 6.54 Å². The Bertz CT molecular complexity index is 235. The lowest BCUT2D eigenvalue weighted by molar-refractivity contribution is 1.34. The van der Waals surface area contributed by atoms with E-state index in [0.29, 0.717) is 6.54 Å². The lowest BCUT2D eigenvalue weighted by Gasteiger charge is -1.75. The monoisotopic (exact) mass is 157 g/mol. The second kappa shape index (κ2) is 2.86. The highest BCUT2D eigenvalue weighted by atomic mass is 35.5. The maximum atomic E-state index is 6.54. The number of hydrogen-bond donors (Lipinski definition) is 0. The molecule has 0 unspecified atom stereocenters. The molecular formula is C6H4ClNS. The van der Waals surface area contributed by atoms with E-state index in [1.807, 2.05) is 11.4 Å². The molecule has 0 saturated heterocycles. The fourth-order valence-electron chi connectivity index (χ4n) is 0.515. The summed E-state index contributed by atoms with van der Waals surface area (Å²) < 4.78 is 0. The smallest absolute Gasteiger partial charge is 0.248 e. The summed E-state index contributed by atoms with van der Waals surface area (Å²) in [7, 11) is 0. The van der Waals surface area contributed by atoms with Gasteiger partial charge in [0.2, 0.25) is 6.54 Å². The zero-order chi connectivity index (χ0) is 6.69. The van der Waals surface area contributed by atoms with Gasteiger partial charge in [-0.3, -0.25) is 0 Å². The van der Waals surface area contributed by atoms with E-state index in [1.54, 1.807) is 0 Å². The fraction of sp³-hybridized carbons (Fsp3) is 0.167. The summed E-state index contributed by atoms with van der Waals surface area (Å²) in [6.07, 6.45) is 0. The van der Waals surface area contributed by atoms with Crippen LogP contribution in [-0.2, 0) is 6.54 Å². The molecule has 1 aromatic heterocycles. The molecule has 1 aromatic rings. The van der Waals surface area contributed by atoms with E-state index >= 15 is 0 Å². The van der Waals surface area contributed by atoms with Crippen molar-refractivity contribution >= 4 is 22.9 Å². The molecule has 0 atom stereocenters. The lowest BCUT2D eigenvalue weighted by Crippen LogP contribution is -1.64. The number of rotatable bonds is 1. The van der Waals surface area contributed by atoms with Gasteiger partial charge in [-0.05, 0) is 6.07 Å². The standard InChI is InChI=1S/C6H4ClNS/c1-8-3-6-2-5(7)4-9-6/h2,4H,3H2. The molecule has 0 radical (unpaired) electrons. The second-order valence-electron chi connectivity index (χ2n) is 1.55. The van der Waals surface area contributed by atoms with Crippen LogP contribution in [0.5, 0.6) is 0 Å². The van der Waals surface area contributed by atoms with Gasteiger partial charge in [0.1, 0.15) is 0 Å². The molecule has 0 aliphatic heterocycles. The van der Waals surface area contributed by atoms with Gasteiger partial charge in [0, 0.05) is 5.38 Å². The van der Waals surface area contributed by atoms with E-state index in [2.05, 4.69) is 4.85 Å². The van der Waals surface area contributed by atoms with E-state index in [-0.39, 0.29) is 0 Å². The SMILES string of the molecule is [C-]#[N+]Cc1cc(Cl)cs1. The first-order valence-corrected chi connectivity index (χ1v) is 3.65. The summed E-state index contributed by atoms with van der Waals surface area (Å²) in [6, 6.07) is 1.82. The number of halogens is 1. The molecule has 0 aliphatic carbocycles. The molecular weight excluding hydrogens is 154 g/mol. The quantitative estimate of drug-likeness (QED) is 0.553. The van der Waals surface area contributed by atoms with Crippen LogP contribution < -0.4 is 0 Å². The number of nitrogens with zero attached hydrogens (tertiary/aromatic N) is 1. The molecule has 0 N–H and O–H groups in total. The lowest BCUT2D eigenvalue weighted by atomic mass is 10.5. The van der Waals surface area contributed by atoms with Gasteiger partial charge in [0.05, 0.1) is 9.90 Å². The van der Waals surface area contributed by atoms with Crippen LogP contribution in [0.4, 0.5) is 0 Å². The normalized spacial score (nSPS) is 8.89. The molecule has 0 spiro atoms. The van der Waals surface area contributed by atoms with Crippen molar-refractivity contribution in [2.75, 3.05) is 0 Å². The molecule has 0 fully saturated rings. The summed E-state index contributed by atoms with van der Waals surface area (Å²) in [5, 5.41) is 2.57. The van der Waals surface area contributed by atoms with Crippen molar-refractivity contribution in [1.29, 1.82) is 0 Å². The van der Waals surface area contributed by atoms with Crippen LogP contribution in [-0.4, -0.2) is 0 Å². The van der Waals surface area contributed by atoms with Crippen molar-refractivity contribution in [3.63, 3.8) is 0 Å². The third-order valence-corrected chi connectivity index (χ3v) is 2.13. The molecule has 0 aliphatic rings. The van der Waals surface area contributed by atoms with Crippen LogP contribution in [0.1, 0.15) is 4.88 Å². The Morgan fingerprint density at radius 1 is 1.78 bits per heavy atom. The predicted octanol–water partition coefficient (Wildman–Crippen LogP) is 2.82. The Morgan fingerprint density at radius 3 is 3.00 bits per heavy atom. The average Bonchev–Trinajstić information content (AvgIpc) is 2.17. The van der Waals surface area contributed by atoms with Gasteiger partial charge in [-0.1, -0.05) is 11.6 Å². The minimum absolute atomic E-state index is 0.456. The second-order valence-corrected chi connectivity index (χ2v) is 2.98. The summed E-state index contributed by atoms with van der Waals surface area (Å²) >= 11 is 7.13. The zero-order valence-electron chi connectivity index (χ0n) is 4.60. The third kappa shape index (κ3) is 1.70. The van der Waals surface area contributed by atoms with Crippen LogP contribution in [0.3, 0.4) is 0 Å². The minimum Gasteiger partial charge on any atom is -0.311 e. The first-order valence-electron chi connectivity index (χ1n) is 2.39. The highest BCUT2D eigenvalue weighted by Gasteiger charge is 1.97. The predicted molar refractivity (Wildman–Crippen MR) is 39.6 cm³/mol. The summed E-state index contributed by atoms with van der Waals surface area (Å²) in [4.78, 5) is 4.26. The molecule has 46 valence electrons. The molecule has 3 heteroatoms. The molecule has 0 aromatic carbocycles. The number of hydrogen-bond acceptors (Lipinski definition) is 1. The van der Waals surface area contributed by atoms with Crippen molar-refractivity contribution in [3.8, 4) is 0 Å². The van der Waals surface area contributed by atoms with Gasteiger partial charge in [-0.25, -0.2) is 6.57 Å². The highest BCUT2D eigenvalue weighted by Crippen LogP contribution is 2.19. The van der Waals surface area contributed by atoms with Gasteiger partial charge in [-0.2, -0.15) is 0 Å². The van der Waals surface area contributed by atoms with Crippen molar-refractivity contribution < 1.29 is 0 Å². The maximum absolute atomic E-state index is 6.54. The van der Waals surface area contributed by atoms with E-state index < -0.39 is 0 Å². The topological polar surface area (TPSA) is 4.36 Å².